The molecular formula is C16H18F3NO. The van der Waals surface area contributed by atoms with Crippen molar-refractivity contribution >= 4 is 5.78 Å². The normalized spacial score (nSPS) is 28.6. The van der Waals surface area contributed by atoms with E-state index in [9.17, 15) is 18.0 Å². The van der Waals surface area contributed by atoms with Crippen molar-refractivity contribution in [3.05, 3.63) is 35.4 Å². The summed E-state index contributed by atoms with van der Waals surface area (Å²) in [6.45, 7) is 0. The van der Waals surface area contributed by atoms with E-state index in [1.807, 2.05) is 0 Å². The number of carbonyl (C=O) groups excluding carboxylic acids is 1. The third kappa shape index (κ3) is 3.28. The van der Waals surface area contributed by atoms with Crippen LogP contribution >= 0.6 is 0 Å². The standard InChI is InChI=1S/C16H18F3NO/c17-16(18,19)12-3-1-2-11(9-12)15(21)8-10-6-13-4-5-14(7-10)20-13/h1-3,9-10,13-14,20H,4-8H2. The van der Waals surface area contributed by atoms with E-state index in [0.717, 1.165) is 37.8 Å². The van der Waals surface area contributed by atoms with Gasteiger partial charge in [-0.3, -0.25) is 4.79 Å². The van der Waals surface area contributed by atoms with E-state index in [0.29, 0.717) is 24.4 Å². The second-order valence-electron chi connectivity index (χ2n) is 6.18. The lowest BCUT2D eigenvalue weighted by Crippen LogP contribution is -2.38. The number of fused-ring (bicyclic) bond motifs is 2. The monoisotopic (exact) mass is 297 g/mol. The summed E-state index contributed by atoms with van der Waals surface area (Å²) in [5.74, 6) is 0.123. The Hall–Kier alpha value is -1.36. The molecule has 0 spiro atoms. The highest BCUT2D eigenvalue weighted by Crippen LogP contribution is 2.34. The zero-order valence-corrected chi connectivity index (χ0v) is 11.6. The fourth-order valence-electron chi connectivity index (χ4n) is 3.59. The Morgan fingerprint density at radius 2 is 1.86 bits per heavy atom. The van der Waals surface area contributed by atoms with Gasteiger partial charge in [-0.15, -0.1) is 0 Å². The Morgan fingerprint density at radius 1 is 1.19 bits per heavy atom. The SMILES string of the molecule is O=C(CC1CC2CCC(C1)N2)c1cccc(C(F)(F)F)c1. The van der Waals surface area contributed by atoms with Gasteiger partial charge in [0.15, 0.2) is 5.78 Å². The van der Waals surface area contributed by atoms with Crippen LogP contribution in [0, 0.1) is 5.92 Å². The van der Waals surface area contributed by atoms with Crippen molar-refractivity contribution in [3.63, 3.8) is 0 Å². The maximum absolute atomic E-state index is 12.7. The first kappa shape index (κ1) is 14.6. The molecule has 114 valence electrons. The summed E-state index contributed by atoms with van der Waals surface area (Å²) >= 11 is 0. The van der Waals surface area contributed by atoms with Crippen LogP contribution in [-0.2, 0) is 6.18 Å². The van der Waals surface area contributed by atoms with E-state index in [2.05, 4.69) is 5.32 Å². The van der Waals surface area contributed by atoms with Crippen LogP contribution in [0.2, 0.25) is 0 Å². The molecule has 3 rings (SSSR count). The van der Waals surface area contributed by atoms with Crippen molar-refractivity contribution in [2.24, 2.45) is 5.92 Å². The van der Waals surface area contributed by atoms with E-state index in [-0.39, 0.29) is 11.3 Å². The predicted octanol–water partition coefficient (Wildman–Crippen LogP) is 3.81. The summed E-state index contributed by atoms with van der Waals surface area (Å²) in [7, 11) is 0. The molecule has 2 bridgehead atoms. The number of hydrogen-bond donors (Lipinski definition) is 1. The van der Waals surface area contributed by atoms with Crippen LogP contribution in [-0.4, -0.2) is 17.9 Å². The maximum atomic E-state index is 12.7. The lowest BCUT2D eigenvalue weighted by Gasteiger charge is -2.28. The molecule has 2 aliphatic heterocycles. The number of halogens is 3. The Bertz CT molecular complexity index is 529. The van der Waals surface area contributed by atoms with E-state index in [1.54, 1.807) is 0 Å². The summed E-state index contributed by atoms with van der Waals surface area (Å²) in [6, 6.07) is 5.74. The molecule has 0 saturated carbocycles. The number of nitrogens with one attached hydrogen (secondary N) is 1. The van der Waals surface area contributed by atoms with Gasteiger partial charge in [-0.05, 0) is 43.7 Å². The van der Waals surface area contributed by atoms with Crippen molar-refractivity contribution in [2.45, 2.75) is 50.4 Å². The lowest BCUT2D eigenvalue weighted by molar-refractivity contribution is -0.137. The first-order valence-electron chi connectivity index (χ1n) is 7.38. The van der Waals surface area contributed by atoms with E-state index in [1.165, 1.54) is 12.1 Å². The zero-order valence-electron chi connectivity index (χ0n) is 11.6. The van der Waals surface area contributed by atoms with E-state index >= 15 is 0 Å². The van der Waals surface area contributed by atoms with Gasteiger partial charge in [0.2, 0.25) is 0 Å². The van der Waals surface area contributed by atoms with Gasteiger partial charge in [-0.2, -0.15) is 13.2 Å². The molecule has 2 unspecified atom stereocenters. The molecule has 2 aliphatic rings. The van der Waals surface area contributed by atoms with Crippen molar-refractivity contribution in [1.82, 2.24) is 5.32 Å². The first-order valence-corrected chi connectivity index (χ1v) is 7.38. The number of rotatable bonds is 3. The Kier molecular flexibility index (Phi) is 3.78. The molecule has 21 heavy (non-hydrogen) atoms. The first-order chi connectivity index (χ1) is 9.91. The summed E-state index contributed by atoms with van der Waals surface area (Å²) in [4.78, 5) is 12.2. The lowest BCUT2D eigenvalue weighted by atomic mass is 9.86. The number of Topliss-reactive ketones (excluding diaryl/α,β-unsaturated/α-hetero) is 1. The minimum Gasteiger partial charge on any atom is -0.311 e. The van der Waals surface area contributed by atoms with Crippen LogP contribution in [0.25, 0.3) is 0 Å². The number of carbonyl (C=O) groups is 1. The summed E-state index contributed by atoms with van der Waals surface area (Å²) < 4.78 is 38.0. The second-order valence-corrected chi connectivity index (χ2v) is 6.18. The minimum atomic E-state index is -4.40. The number of benzene rings is 1. The Balaban J connectivity index is 1.68. The quantitative estimate of drug-likeness (QED) is 0.860. The Labute approximate surface area is 121 Å². The number of alkyl halides is 3. The molecule has 1 aromatic carbocycles. The van der Waals surface area contributed by atoms with Crippen LogP contribution in [0.4, 0.5) is 13.2 Å². The van der Waals surface area contributed by atoms with Crippen molar-refractivity contribution in [2.75, 3.05) is 0 Å². The molecule has 2 fully saturated rings. The van der Waals surface area contributed by atoms with Crippen LogP contribution in [0.3, 0.4) is 0 Å². The van der Waals surface area contributed by atoms with Gasteiger partial charge in [0.1, 0.15) is 0 Å². The molecule has 5 heteroatoms. The van der Waals surface area contributed by atoms with Crippen molar-refractivity contribution in [1.29, 1.82) is 0 Å². The van der Waals surface area contributed by atoms with Gasteiger partial charge in [-0.25, -0.2) is 0 Å². The molecule has 0 radical (unpaired) electrons. The molecule has 0 aromatic heterocycles. The van der Waals surface area contributed by atoms with Gasteiger partial charge >= 0.3 is 6.18 Å². The fraction of sp³-hybridized carbons (Fsp3) is 0.562. The summed E-state index contributed by atoms with van der Waals surface area (Å²) in [5, 5.41) is 3.50. The van der Waals surface area contributed by atoms with Gasteiger partial charge in [0, 0.05) is 24.1 Å². The topological polar surface area (TPSA) is 29.1 Å². The molecule has 2 atom stereocenters. The van der Waals surface area contributed by atoms with Crippen LogP contribution < -0.4 is 5.32 Å². The van der Waals surface area contributed by atoms with Crippen LogP contribution in [0.1, 0.15) is 48.0 Å². The molecule has 2 nitrogen and oxygen atoms in total. The zero-order chi connectivity index (χ0) is 15.0. The number of hydrogen-bond acceptors (Lipinski definition) is 2. The summed E-state index contributed by atoms with van der Waals surface area (Å²) in [6.07, 6.45) is 0.181. The van der Waals surface area contributed by atoms with E-state index < -0.39 is 11.7 Å². The molecule has 2 heterocycles. The van der Waals surface area contributed by atoms with Crippen molar-refractivity contribution < 1.29 is 18.0 Å². The van der Waals surface area contributed by atoms with Crippen LogP contribution in [0.5, 0.6) is 0 Å². The summed E-state index contributed by atoms with van der Waals surface area (Å²) in [5.41, 5.74) is -0.575. The molecule has 0 amide bonds. The van der Waals surface area contributed by atoms with Gasteiger partial charge in [-0.1, -0.05) is 12.1 Å². The van der Waals surface area contributed by atoms with Gasteiger partial charge in [0.05, 0.1) is 5.56 Å². The highest BCUT2D eigenvalue weighted by molar-refractivity contribution is 5.96. The molecule has 0 aliphatic carbocycles. The van der Waals surface area contributed by atoms with Crippen LogP contribution in [0.15, 0.2) is 24.3 Å². The largest absolute Gasteiger partial charge is 0.416 e. The molecular weight excluding hydrogens is 279 g/mol. The van der Waals surface area contributed by atoms with Crippen molar-refractivity contribution in [3.8, 4) is 0 Å². The Morgan fingerprint density at radius 3 is 2.48 bits per heavy atom. The van der Waals surface area contributed by atoms with Gasteiger partial charge in [0.25, 0.3) is 0 Å². The smallest absolute Gasteiger partial charge is 0.311 e. The predicted molar refractivity (Wildman–Crippen MR) is 73.1 cm³/mol. The molecule has 1 aromatic rings. The fourth-order valence-corrected chi connectivity index (χ4v) is 3.59. The number of ketones is 1. The minimum absolute atomic E-state index is 0.174. The third-order valence-electron chi connectivity index (χ3n) is 4.56. The van der Waals surface area contributed by atoms with Gasteiger partial charge < -0.3 is 5.32 Å². The average molecular weight is 297 g/mol. The highest BCUT2D eigenvalue weighted by atomic mass is 19.4. The second kappa shape index (κ2) is 5.44. The average Bonchev–Trinajstić information content (AvgIpc) is 2.77. The molecule has 1 N–H and O–H groups in total. The molecule has 2 saturated heterocycles. The van der Waals surface area contributed by atoms with E-state index in [4.69, 9.17) is 0 Å². The number of piperidine rings is 1. The maximum Gasteiger partial charge on any atom is 0.416 e. The third-order valence-corrected chi connectivity index (χ3v) is 4.56. The highest BCUT2D eigenvalue weighted by Gasteiger charge is 2.35.